The highest BCUT2D eigenvalue weighted by Gasteiger charge is 2.29. The Kier molecular flexibility index (Phi) is 7.01. The zero-order valence-electron chi connectivity index (χ0n) is 15.0. The molecule has 0 radical (unpaired) electrons. The molecular weight excluding hydrogens is 256 g/mol. The monoisotopic (exact) mass is 294 g/mol. The van der Waals surface area contributed by atoms with Crippen LogP contribution in [0.5, 0.6) is 0 Å². The summed E-state index contributed by atoms with van der Waals surface area (Å²) in [6.07, 6.45) is 11.9. The summed E-state index contributed by atoms with van der Waals surface area (Å²) in [6.45, 7) is 13.3. The van der Waals surface area contributed by atoms with Gasteiger partial charge in [-0.05, 0) is 46.6 Å². The standard InChI is InChI=1S/C19H38N2/c1-16(2)20-14-17(3)21(18(4)15-20)13-9-8-12-19-10-6-5-7-11-19/h16-19H,5-15H2,1-4H3/t17-,18+. The number of nitrogens with zero attached hydrogens (tertiary/aromatic N) is 2. The van der Waals surface area contributed by atoms with Gasteiger partial charge in [0.05, 0.1) is 0 Å². The molecule has 1 heterocycles. The molecule has 124 valence electrons. The van der Waals surface area contributed by atoms with Crippen LogP contribution in [-0.4, -0.2) is 47.6 Å². The first-order chi connectivity index (χ1) is 10.1. The molecule has 2 rings (SSSR count). The Hall–Kier alpha value is -0.0800. The lowest BCUT2D eigenvalue weighted by Gasteiger charge is -2.46. The molecule has 2 aliphatic rings. The number of unbranched alkanes of at least 4 members (excludes halogenated alkanes) is 1. The van der Waals surface area contributed by atoms with Gasteiger partial charge in [0.2, 0.25) is 0 Å². The lowest BCUT2D eigenvalue weighted by atomic mass is 9.86. The van der Waals surface area contributed by atoms with E-state index >= 15 is 0 Å². The van der Waals surface area contributed by atoms with Crippen molar-refractivity contribution < 1.29 is 0 Å². The second-order valence-corrected chi connectivity index (χ2v) is 7.98. The van der Waals surface area contributed by atoms with E-state index in [1.54, 1.807) is 0 Å². The summed E-state index contributed by atoms with van der Waals surface area (Å²) in [5.41, 5.74) is 0. The molecule has 0 aromatic rings. The number of piperazine rings is 1. The maximum atomic E-state index is 2.76. The third kappa shape index (κ3) is 5.25. The van der Waals surface area contributed by atoms with Gasteiger partial charge in [-0.2, -0.15) is 0 Å². The summed E-state index contributed by atoms with van der Waals surface area (Å²) in [6, 6.07) is 2.15. The lowest BCUT2D eigenvalue weighted by molar-refractivity contribution is 0.0226. The van der Waals surface area contributed by atoms with Gasteiger partial charge in [-0.15, -0.1) is 0 Å². The molecule has 1 aliphatic heterocycles. The lowest BCUT2D eigenvalue weighted by Crippen LogP contribution is -2.58. The summed E-state index contributed by atoms with van der Waals surface area (Å²) in [7, 11) is 0. The predicted molar refractivity (Wildman–Crippen MR) is 92.8 cm³/mol. The van der Waals surface area contributed by atoms with Crippen LogP contribution in [0.4, 0.5) is 0 Å². The van der Waals surface area contributed by atoms with E-state index in [2.05, 4.69) is 37.5 Å². The van der Waals surface area contributed by atoms with E-state index in [0.717, 1.165) is 18.0 Å². The molecule has 1 saturated heterocycles. The average Bonchev–Trinajstić information content (AvgIpc) is 2.46. The first-order valence-electron chi connectivity index (χ1n) is 9.57. The Labute approximate surface area is 133 Å². The van der Waals surface area contributed by atoms with Crippen LogP contribution < -0.4 is 0 Å². The summed E-state index contributed by atoms with van der Waals surface area (Å²) in [5, 5.41) is 0. The van der Waals surface area contributed by atoms with Crippen molar-refractivity contribution in [3.05, 3.63) is 0 Å². The van der Waals surface area contributed by atoms with Gasteiger partial charge in [0.15, 0.2) is 0 Å². The summed E-state index contributed by atoms with van der Waals surface area (Å²) in [5.74, 6) is 1.06. The van der Waals surface area contributed by atoms with Gasteiger partial charge in [-0.3, -0.25) is 9.80 Å². The van der Waals surface area contributed by atoms with Crippen LogP contribution in [0.25, 0.3) is 0 Å². The maximum Gasteiger partial charge on any atom is 0.0198 e. The van der Waals surface area contributed by atoms with Crippen molar-refractivity contribution in [1.82, 2.24) is 9.80 Å². The normalized spacial score (nSPS) is 30.1. The summed E-state index contributed by atoms with van der Waals surface area (Å²) in [4.78, 5) is 5.41. The molecule has 0 aromatic heterocycles. The third-order valence-electron chi connectivity index (χ3n) is 5.86. The Balaban J connectivity index is 1.65. The Morgan fingerprint density at radius 3 is 2.10 bits per heavy atom. The van der Waals surface area contributed by atoms with E-state index in [4.69, 9.17) is 0 Å². The first kappa shape index (κ1) is 17.3. The largest absolute Gasteiger partial charge is 0.298 e. The van der Waals surface area contributed by atoms with E-state index < -0.39 is 0 Å². The summed E-state index contributed by atoms with van der Waals surface area (Å²) >= 11 is 0. The number of hydrogen-bond acceptors (Lipinski definition) is 2. The molecule has 2 atom stereocenters. The average molecular weight is 295 g/mol. The van der Waals surface area contributed by atoms with Crippen LogP contribution in [-0.2, 0) is 0 Å². The van der Waals surface area contributed by atoms with Crippen molar-refractivity contribution in [3.8, 4) is 0 Å². The first-order valence-corrected chi connectivity index (χ1v) is 9.57. The minimum absolute atomic E-state index is 0.698. The van der Waals surface area contributed by atoms with Crippen molar-refractivity contribution in [2.75, 3.05) is 19.6 Å². The smallest absolute Gasteiger partial charge is 0.0198 e. The fraction of sp³-hybridized carbons (Fsp3) is 1.00. The highest BCUT2D eigenvalue weighted by atomic mass is 15.3. The van der Waals surface area contributed by atoms with Crippen LogP contribution >= 0.6 is 0 Å². The topological polar surface area (TPSA) is 6.48 Å². The third-order valence-corrected chi connectivity index (χ3v) is 5.86. The zero-order chi connectivity index (χ0) is 15.2. The van der Waals surface area contributed by atoms with E-state index in [9.17, 15) is 0 Å². The molecule has 0 aromatic carbocycles. The maximum absolute atomic E-state index is 2.76. The molecule has 0 amide bonds. The molecule has 2 fully saturated rings. The molecule has 0 N–H and O–H groups in total. The molecular formula is C19H38N2. The molecule has 2 heteroatoms. The van der Waals surface area contributed by atoms with Gasteiger partial charge >= 0.3 is 0 Å². The summed E-state index contributed by atoms with van der Waals surface area (Å²) < 4.78 is 0. The van der Waals surface area contributed by atoms with E-state index in [1.165, 1.54) is 71.0 Å². The predicted octanol–water partition coefficient (Wildman–Crippen LogP) is 4.54. The second-order valence-electron chi connectivity index (χ2n) is 7.98. The minimum Gasteiger partial charge on any atom is -0.298 e. The van der Waals surface area contributed by atoms with Crippen LogP contribution in [0, 0.1) is 5.92 Å². The van der Waals surface area contributed by atoms with Crippen LogP contribution in [0.15, 0.2) is 0 Å². The van der Waals surface area contributed by atoms with Gasteiger partial charge in [-0.25, -0.2) is 0 Å². The SMILES string of the molecule is CC(C)N1C[C@@H](C)N(CCCCC2CCCCC2)[C@@H](C)C1. The van der Waals surface area contributed by atoms with Crippen molar-refractivity contribution in [1.29, 1.82) is 0 Å². The molecule has 21 heavy (non-hydrogen) atoms. The van der Waals surface area contributed by atoms with Crippen LogP contribution in [0.2, 0.25) is 0 Å². The molecule has 0 unspecified atom stereocenters. The van der Waals surface area contributed by atoms with Crippen molar-refractivity contribution in [2.45, 2.75) is 97.2 Å². The van der Waals surface area contributed by atoms with Gasteiger partial charge < -0.3 is 0 Å². The zero-order valence-corrected chi connectivity index (χ0v) is 15.0. The Bertz CT molecular complexity index is 271. The van der Waals surface area contributed by atoms with Crippen molar-refractivity contribution in [3.63, 3.8) is 0 Å². The fourth-order valence-electron chi connectivity index (χ4n) is 4.46. The van der Waals surface area contributed by atoms with Gasteiger partial charge in [0.1, 0.15) is 0 Å². The Morgan fingerprint density at radius 2 is 1.52 bits per heavy atom. The molecule has 0 spiro atoms. The van der Waals surface area contributed by atoms with Crippen molar-refractivity contribution >= 4 is 0 Å². The van der Waals surface area contributed by atoms with Crippen LogP contribution in [0.1, 0.15) is 79.1 Å². The molecule has 1 aliphatic carbocycles. The minimum atomic E-state index is 0.698. The van der Waals surface area contributed by atoms with Crippen LogP contribution in [0.3, 0.4) is 0 Å². The number of rotatable bonds is 6. The van der Waals surface area contributed by atoms with Gasteiger partial charge in [-0.1, -0.05) is 44.9 Å². The molecule has 2 nitrogen and oxygen atoms in total. The second kappa shape index (κ2) is 8.53. The quantitative estimate of drug-likeness (QED) is 0.664. The number of hydrogen-bond donors (Lipinski definition) is 0. The van der Waals surface area contributed by atoms with E-state index in [-0.39, 0.29) is 0 Å². The van der Waals surface area contributed by atoms with Gasteiger partial charge in [0.25, 0.3) is 0 Å². The highest BCUT2D eigenvalue weighted by Crippen LogP contribution is 2.28. The Morgan fingerprint density at radius 1 is 0.905 bits per heavy atom. The molecule has 0 bridgehead atoms. The van der Waals surface area contributed by atoms with Gasteiger partial charge in [0, 0.05) is 31.2 Å². The van der Waals surface area contributed by atoms with E-state index in [0.29, 0.717) is 6.04 Å². The van der Waals surface area contributed by atoms with Crippen molar-refractivity contribution in [2.24, 2.45) is 5.92 Å². The molecule has 1 saturated carbocycles. The van der Waals surface area contributed by atoms with E-state index in [1.807, 2.05) is 0 Å². The highest BCUT2D eigenvalue weighted by molar-refractivity contribution is 4.86. The fourth-order valence-corrected chi connectivity index (χ4v) is 4.46.